The number of ether oxygens (including phenoxy) is 1. The van der Waals surface area contributed by atoms with Gasteiger partial charge < -0.3 is 4.74 Å². The predicted octanol–water partition coefficient (Wildman–Crippen LogP) is 1.30. The topological polar surface area (TPSA) is 9.23 Å². The molecular weight excluding hydrogens is 76.1 g/mol. The summed E-state index contributed by atoms with van der Waals surface area (Å²) < 4.78 is 5.15. The summed E-state index contributed by atoms with van der Waals surface area (Å²) in [5, 5.41) is 0. The van der Waals surface area contributed by atoms with Gasteiger partial charge in [0, 0.05) is 8.03 Å². The Kier molecular flexibility index (Phi) is 1.10. The molecule has 0 aromatic rings. The van der Waals surface area contributed by atoms with Gasteiger partial charge in [0.25, 0.3) is 0 Å². The number of rotatable bonds is 0. The summed E-state index contributed by atoms with van der Waals surface area (Å²) >= 11 is 0. The van der Waals surface area contributed by atoms with Gasteiger partial charge in [-0.15, -0.1) is 0 Å². The summed E-state index contributed by atoms with van der Waals surface area (Å²) in [5.74, 6) is 0. The molecule has 1 aliphatic heterocycles. The molecular formula is C5H11O. The molecule has 0 aliphatic carbocycles. The third-order valence-electron chi connectivity index (χ3n) is 1.16. The van der Waals surface area contributed by atoms with Crippen molar-refractivity contribution in [1.82, 2.24) is 0 Å². The highest BCUT2D eigenvalue weighted by molar-refractivity contribution is 4.56. The van der Waals surface area contributed by atoms with Gasteiger partial charge in [0.15, 0.2) is 0 Å². The maximum absolute atomic E-state index is 5.15. The Morgan fingerprint density at radius 3 is 2.83 bits per heavy atom. The van der Waals surface area contributed by atoms with Gasteiger partial charge in [-0.3, -0.25) is 0 Å². The average Bonchev–Trinajstić information content (AvgIpc) is 1.86. The van der Waals surface area contributed by atoms with Crippen LogP contribution in [0, 0.1) is 0 Å². The number of hydrogen-bond donors (Lipinski definition) is 0. The van der Waals surface area contributed by atoms with Crippen molar-refractivity contribution in [2.75, 3.05) is 6.61 Å². The Bertz CT molecular complexity index is 41.3. The maximum Gasteiger partial charge on any atom is 0.0547 e. The van der Waals surface area contributed by atoms with E-state index in [1.54, 1.807) is 0 Å². The molecule has 1 aliphatic rings. The Morgan fingerprint density at radius 1 is 1.83 bits per heavy atom. The van der Waals surface area contributed by atoms with E-state index in [0.717, 1.165) is 6.61 Å². The second-order valence-corrected chi connectivity index (χ2v) is 1.82. The molecule has 0 aromatic heterocycles. The molecule has 1 radical (unpaired) electrons. The zero-order valence-electron chi connectivity index (χ0n) is 5.11. The van der Waals surface area contributed by atoms with Crippen LogP contribution >= 0.6 is 0 Å². The van der Waals surface area contributed by atoms with Crippen LogP contribution in [0.15, 0.2) is 0 Å². The molecule has 1 heteroatoms. The maximum atomic E-state index is 5.15. The minimum Gasteiger partial charge on any atom is -0.379 e. The van der Waals surface area contributed by atoms with Gasteiger partial charge in [-0.25, -0.2) is 0 Å². The van der Waals surface area contributed by atoms with Crippen LogP contribution < -0.4 is 0 Å². The first-order chi connectivity index (χ1) is 2.89. The lowest BCUT2D eigenvalue weighted by molar-refractivity contribution is 0.125. The second kappa shape index (κ2) is 1.61. The van der Waals surface area contributed by atoms with Gasteiger partial charge in [-0.2, -0.15) is 0 Å². The van der Waals surface area contributed by atoms with Crippen LogP contribution in [0.2, 0.25) is 0 Å². The van der Waals surface area contributed by atoms with E-state index in [4.69, 9.17) is 4.74 Å². The molecule has 1 rings (SSSR count). The summed E-state index contributed by atoms with van der Waals surface area (Å²) in [6.07, 6.45) is 3.08. The van der Waals surface area contributed by atoms with Crippen molar-refractivity contribution in [3.05, 3.63) is 0 Å². The van der Waals surface area contributed by atoms with Crippen LogP contribution in [0.1, 0.15) is 21.2 Å². The first kappa shape index (κ1) is 4.13. The zero-order valence-corrected chi connectivity index (χ0v) is 4.11. The molecule has 1 heterocycles. The van der Waals surface area contributed by atoms with Crippen LogP contribution in [0.3, 0.4) is 0 Å². The second-order valence-electron chi connectivity index (χ2n) is 1.82. The first-order valence-corrected chi connectivity index (χ1v) is 2.51. The Labute approximate surface area is 39.8 Å². The molecule has 0 bridgehead atoms. The van der Waals surface area contributed by atoms with Crippen LogP contribution in [-0.4, -0.2) is 12.7 Å². The molecule has 0 spiro atoms. The van der Waals surface area contributed by atoms with Crippen molar-refractivity contribution >= 4 is 0 Å². The molecule has 1 nitrogen and oxygen atoms in total. The smallest absolute Gasteiger partial charge is 0.0547 e. The fourth-order valence-electron chi connectivity index (χ4n) is 0.739. The van der Waals surface area contributed by atoms with Gasteiger partial charge in [-0.1, -0.05) is 0 Å². The number of hydrogen-bond acceptors (Lipinski definition) is 1. The molecule has 1 fully saturated rings. The van der Waals surface area contributed by atoms with Crippen molar-refractivity contribution in [1.29, 1.82) is 0 Å². The Morgan fingerprint density at radius 2 is 2.67 bits per heavy atom. The summed E-state index contributed by atoms with van der Waals surface area (Å²) in [7, 11) is 0. The van der Waals surface area contributed by atoms with E-state index in [-0.39, 0.29) is 1.43 Å². The molecule has 6 heavy (non-hydrogen) atoms. The van der Waals surface area contributed by atoms with E-state index in [1.165, 1.54) is 12.8 Å². The highest BCUT2D eigenvalue weighted by Gasteiger charge is 2.07. The van der Waals surface area contributed by atoms with Gasteiger partial charge in [-0.05, 0) is 19.8 Å². The standard InChI is InChI=1S/C5H10O.H/c1-5-3-2-4-6-5;/h5H,2-4H2,1H3;/i;1+1. The SMILES string of the molecule is CC1CCCO1.[2H]. The van der Waals surface area contributed by atoms with Crippen molar-refractivity contribution < 1.29 is 6.16 Å². The van der Waals surface area contributed by atoms with Crippen LogP contribution in [0.25, 0.3) is 0 Å². The van der Waals surface area contributed by atoms with Crippen LogP contribution in [0.5, 0.6) is 0 Å². The fraction of sp³-hybridized carbons (Fsp3) is 1.00. The Hall–Kier alpha value is -0.0400. The average molecular weight is 88.1 g/mol. The third-order valence-corrected chi connectivity index (χ3v) is 1.16. The van der Waals surface area contributed by atoms with E-state index in [0.29, 0.717) is 6.10 Å². The van der Waals surface area contributed by atoms with Crippen molar-refractivity contribution in [3.63, 3.8) is 0 Å². The van der Waals surface area contributed by atoms with Gasteiger partial charge in [0.2, 0.25) is 0 Å². The van der Waals surface area contributed by atoms with Crippen LogP contribution in [-0.2, 0) is 4.74 Å². The summed E-state index contributed by atoms with van der Waals surface area (Å²) in [6.45, 7) is 3.11. The molecule has 1 saturated heterocycles. The monoisotopic (exact) mass is 88.1 g/mol. The molecule has 0 amide bonds. The first-order valence-electron chi connectivity index (χ1n) is 2.51. The van der Waals surface area contributed by atoms with E-state index in [1.807, 2.05) is 0 Å². The minimum absolute atomic E-state index is 0. The molecule has 1 unspecified atom stereocenters. The zero-order chi connectivity index (χ0) is 4.41. The molecule has 0 N–H and O–H groups in total. The lowest BCUT2D eigenvalue weighted by Crippen LogP contribution is -1.94. The molecule has 0 saturated carbocycles. The predicted molar refractivity (Wildman–Crippen MR) is 25.8 cm³/mol. The minimum atomic E-state index is 0. The molecule has 1 atom stereocenters. The Balaban J connectivity index is 0.000000360. The summed E-state index contributed by atoms with van der Waals surface area (Å²) in [6, 6.07) is 0. The lowest BCUT2D eigenvalue weighted by Gasteiger charge is -1.94. The van der Waals surface area contributed by atoms with E-state index >= 15 is 0 Å². The normalized spacial score (nSPS) is 34.5. The van der Waals surface area contributed by atoms with E-state index in [2.05, 4.69) is 6.92 Å². The summed E-state index contributed by atoms with van der Waals surface area (Å²) in [4.78, 5) is 0. The molecule has 37 valence electrons. The van der Waals surface area contributed by atoms with E-state index in [9.17, 15) is 0 Å². The van der Waals surface area contributed by atoms with Crippen molar-refractivity contribution in [2.24, 2.45) is 0 Å². The highest BCUT2D eigenvalue weighted by Crippen LogP contribution is 2.09. The van der Waals surface area contributed by atoms with Gasteiger partial charge in [0.05, 0.1) is 6.10 Å². The molecule has 0 aromatic carbocycles. The lowest BCUT2D eigenvalue weighted by atomic mass is 10.3. The summed E-state index contributed by atoms with van der Waals surface area (Å²) in [5.41, 5.74) is 0. The highest BCUT2D eigenvalue weighted by atomic mass is 16.5. The third kappa shape index (κ3) is 0.716. The van der Waals surface area contributed by atoms with Gasteiger partial charge >= 0.3 is 0 Å². The van der Waals surface area contributed by atoms with Crippen LogP contribution in [0.4, 0.5) is 0 Å². The quantitative estimate of drug-likeness (QED) is 0.433. The largest absolute Gasteiger partial charge is 0.379 e. The van der Waals surface area contributed by atoms with Gasteiger partial charge in [0.1, 0.15) is 0 Å². The van der Waals surface area contributed by atoms with Crippen molar-refractivity contribution in [2.45, 2.75) is 25.9 Å². The van der Waals surface area contributed by atoms with E-state index < -0.39 is 0 Å². The van der Waals surface area contributed by atoms with Crippen molar-refractivity contribution in [3.8, 4) is 0 Å². The fourth-order valence-corrected chi connectivity index (χ4v) is 0.739.